The maximum Gasteiger partial charge on any atom is 0.344 e. The molecule has 1 spiro atoms. The van der Waals surface area contributed by atoms with Gasteiger partial charge in [0.1, 0.15) is 5.54 Å². The van der Waals surface area contributed by atoms with Crippen molar-refractivity contribution in [2.45, 2.75) is 48.8 Å². The molecule has 1 aliphatic carbocycles. The molecule has 2 fully saturated rings. The first-order valence-electron chi connectivity index (χ1n) is 9.72. The molecule has 1 aliphatic heterocycles. The van der Waals surface area contributed by atoms with Gasteiger partial charge in [0.25, 0.3) is 11.8 Å². The van der Waals surface area contributed by atoms with E-state index >= 15 is 0 Å². The number of benzene rings is 1. The van der Waals surface area contributed by atoms with Crippen molar-refractivity contribution < 1.29 is 41.1 Å². The van der Waals surface area contributed by atoms with Crippen molar-refractivity contribution in [2.75, 3.05) is 6.61 Å². The summed E-state index contributed by atoms with van der Waals surface area (Å²) in [6.45, 7) is 1.21. The Labute approximate surface area is 182 Å². The molecule has 2 aliphatic rings. The van der Waals surface area contributed by atoms with Crippen LogP contribution in [0.3, 0.4) is 0 Å². The molecule has 13 heteroatoms. The zero-order valence-corrected chi connectivity index (χ0v) is 17.8. The molecule has 3 rings (SSSR count). The minimum Gasteiger partial charge on any atom is -0.452 e. The number of nitrogens with one attached hydrogen (secondary N) is 2. The van der Waals surface area contributed by atoms with E-state index in [1.54, 1.807) is 0 Å². The number of ether oxygens (including phenoxy) is 1. The van der Waals surface area contributed by atoms with Gasteiger partial charge in [0.15, 0.2) is 6.61 Å². The van der Waals surface area contributed by atoms with E-state index in [1.165, 1.54) is 0 Å². The number of urea groups is 1. The van der Waals surface area contributed by atoms with Crippen molar-refractivity contribution in [3.8, 4) is 0 Å². The van der Waals surface area contributed by atoms with Crippen LogP contribution in [-0.2, 0) is 24.2 Å². The standard InChI is InChI=1S/C19H21F2N3O7S/c1-11-6-8-19(9-7-11)16(27)24(18(28)22-19)23-14(25)10-31-15(26)12-2-4-13(5-3-12)32(29,30)17(20)21/h2-5,11,17H,6-10H2,1H3,(H,22,28)(H,23,25). The molecule has 2 N–H and O–H groups in total. The summed E-state index contributed by atoms with van der Waals surface area (Å²) in [6.07, 6.45) is 2.42. The van der Waals surface area contributed by atoms with Gasteiger partial charge in [-0.2, -0.15) is 13.8 Å². The van der Waals surface area contributed by atoms with Gasteiger partial charge in [-0.15, -0.1) is 0 Å². The van der Waals surface area contributed by atoms with Crippen molar-refractivity contribution in [3.05, 3.63) is 29.8 Å². The van der Waals surface area contributed by atoms with Gasteiger partial charge in [-0.1, -0.05) is 6.92 Å². The normalized spacial score (nSPS) is 23.4. The zero-order chi connectivity index (χ0) is 23.7. The highest BCUT2D eigenvalue weighted by molar-refractivity contribution is 7.91. The van der Waals surface area contributed by atoms with Gasteiger partial charge in [-0.05, 0) is 55.9 Å². The van der Waals surface area contributed by atoms with Gasteiger partial charge in [0.05, 0.1) is 10.5 Å². The number of rotatable bonds is 6. The molecule has 32 heavy (non-hydrogen) atoms. The molecule has 1 heterocycles. The van der Waals surface area contributed by atoms with Gasteiger partial charge in [0.2, 0.25) is 9.84 Å². The summed E-state index contributed by atoms with van der Waals surface area (Å²) in [7, 11) is -4.81. The lowest BCUT2D eigenvalue weighted by Gasteiger charge is -2.33. The number of hydrogen-bond donors (Lipinski definition) is 2. The van der Waals surface area contributed by atoms with Crippen molar-refractivity contribution in [2.24, 2.45) is 5.92 Å². The number of halogens is 2. The minimum atomic E-state index is -4.81. The Balaban J connectivity index is 1.55. The van der Waals surface area contributed by atoms with Crippen molar-refractivity contribution in [3.63, 3.8) is 0 Å². The van der Waals surface area contributed by atoms with Gasteiger partial charge < -0.3 is 10.1 Å². The molecule has 10 nitrogen and oxygen atoms in total. The Bertz CT molecular complexity index is 1040. The first kappa shape index (κ1) is 23.6. The largest absolute Gasteiger partial charge is 0.452 e. The lowest BCUT2D eigenvalue weighted by molar-refractivity contribution is -0.141. The van der Waals surface area contributed by atoms with Crippen LogP contribution in [0.4, 0.5) is 13.6 Å². The molecule has 1 aromatic carbocycles. The first-order valence-corrected chi connectivity index (χ1v) is 11.3. The van der Waals surface area contributed by atoms with Crippen LogP contribution in [0.1, 0.15) is 43.0 Å². The minimum absolute atomic E-state index is 0.184. The van der Waals surface area contributed by atoms with E-state index in [1.807, 2.05) is 6.92 Å². The van der Waals surface area contributed by atoms with Gasteiger partial charge in [-0.25, -0.2) is 18.0 Å². The molecule has 1 saturated heterocycles. The lowest BCUT2D eigenvalue weighted by atomic mass is 9.77. The van der Waals surface area contributed by atoms with Crippen LogP contribution in [-0.4, -0.2) is 55.1 Å². The fourth-order valence-corrected chi connectivity index (χ4v) is 4.29. The molecule has 0 radical (unpaired) electrons. The fraction of sp³-hybridized carbons (Fsp3) is 0.474. The molecule has 4 amide bonds. The number of carbonyl (C=O) groups excluding carboxylic acids is 4. The quantitative estimate of drug-likeness (QED) is 0.470. The van der Waals surface area contributed by atoms with Crippen molar-refractivity contribution in [1.82, 2.24) is 15.8 Å². The molecular weight excluding hydrogens is 452 g/mol. The maximum absolute atomic E-state index is 12.7. The predicted octanol–water partition coefficient (Wildman–Crippen LogP) is 1.37. The summed E-state index contributed by atoms with van der Waals surface area (Å²) >= 11 is 0. The zero-order valence-electron chi connectivity index (χ0n) is 17.0. The number of nitrogens with zero attached hydrogens (tertiary/aromatic N) is 1. The third kappa shape index (κ3) is 4.56. The number of amides is 4. The fourth-order valence-electron chi connectivity index (χ4n) is 3.57. The van der Waals surface area contributed by atoms with Gasteiger partial charge in [-0.3, -0.25) is 15.0 Å². The smallest absolute Gasteiger partial charge is 0.344 e. The molecule has 1 aromatic rings. The van der Waals surface area contributed by atoms with E-state index in [2.05, 4.69) is 10.7 Å². The Morgan fingerprint density at radius 1 is 1.22 bits per heavy atom. The molecule has 0 atom stereocenters. The van der Waals surface area contributed by atoms with Gasteiger partial charge in [0, 0.05) is 0 Å². The molecular formula is C19H21F2N3O7S. The number of imide groups is 1. The van der Waals surface area contributed by atoms with Crippen LogP contribution in [0.2, 0.25) is 0 Å². The average Bonchev–Trinajstić information content (AvgIpc) is 2.98. The summed E-state index contributed by atoms with van der Waals surface area (Å²) in [4.78, 5) is 48.3. The number of esters is 1. The number of hydrazine groups is 1. The van der Waals surface area contributed by atoms with Crippen LogP contribution < -0.4 is 10.7 Å². The van der Waals surface area contributed by atoms with Crippen molar-refractivity contribution in [1.29, 1.82) is 0 Å². The summed E-state index contributed by atoms with van der Waals surface area (Å²) in [5.74, 6) is -5.73. The molecule has 174 valence electrons. The predicted molar refractivity (Wildman–Crippen MR) is 104 cm³/mol. The van der Waals surface area contributed by atoms with E-state index in [9.17, 15) is 36.4 Å². The highest BCUT2D eigenvalue weighted by atomic mass is 32.2. The second-order valence-corrected chi connectivity index (χ2v) is 9.69. The number of sulfone groups is 1. The second kappa shape index (κ2) is 8.81. The Morgan fingerprint density at radius 2 is 1.81 bits per heavy atom. The van der Waals surface area contributed by atoms with E-state index < -0.39 is 56.5 Å². The molecule has 0 unspecified atom stereocenters. The monoisotopic (exact) mass is 473 g/mol. The maximum atomic E-state index is 12.7. The summed E-state index contributed by atoms with van der Waals surface area (Å²) in [5.41, 5.74) is 0.871. The Kier molecular flexibility index (Phi) is 6.49. The third-order valence-electron chi connectivity index (χ3n) is 5.51. The highest BCUT2D eigenvalue weighted by Gasteiger charge is 2.52. The number of carbonyl (C=O) groups is 4. The summed E-state index contributed by atoms with van der Waals surface area (Å²) in [5, 5.41) is 3.19. The number of hydrogen-bond acceptors (Lipinski definition) is 7. The third-order valence-corrected chi connectivity index (χ3v) is 6.91. The molecule has 1 saturated carbocycles. The van der Waals surface area contributed by atoms with Crippen LogP contribution in [0.5, 0.6) is 0 Å². The van der Waals surface area contributed by atoms with E-state index in [-0.39, 0.29) is 5.56 Å². The van der Waals surface area contributed by atoms with Crippen molar-refractivity contribution >= 4 is 33.7 Å². The van der Waals surface area contributed by atoms with E-state index in [4.69, 9.17) is 4.74 Å². The lowest BCUT2D eigenvalue weighted by Crippen LogP contribution is -2.52. The number of alkyl halides is 2. The topological polar surface area (TPSA) is 139 Å². The van der Waals surface area contributed by atoms with Crippen LogP contribution in [0.25, 0.3) is 0 Å². The van der Waals surface area contributed by atoms with Crippen LogP contribution in [0.15, 0.2) is 29.2 Å². The highest BCUT2D eigenvalue weighted by Crippen LogP contribution is 2.35. The van der Waals surface area contributed by atoms with Gasteiger partial charge >= 0.3 is 17.8 Å². The molecule has 0 bridgehead atoms. The second-order valence-electron chi connectivity index (χ2n) is 7.78. The Hall–Kier alpha value is -3.09. The first-order chi connectivity index (χ1) is 15.0. The van der Waals surface area contributed by atoms with E-state index in [0.717, 1.165) is 37.1 Å². The average molecular weight is 473 g/mol. The molecule has 0 aromatic heterocycles. The Morgan fingerprint density at radius 3 is 2.38 bits per heavy atom. The van der Waals surface area contributed by atoms with Crippen LogP contribution in [0, 0.1) is 5.92 Å². The van der Waals surface area contributed by atoms with E-state index in [0.29, 0.717) is 23.8 Å². The summed E-state index contributed by atoms with van der Waals surface area (Å²) in [6, 6.07) is 2.77. The SMILES string of the molecule is CC1CCC2(CC1)NC(=O)N(NC(=O)COC(=O)c1ccc(S(=O)(=O)C(F)F)cc1)C2=O. The summed E-state index contributed by atoms with van der Waals surface area (Å²) < 4.78 is 52.6. The van der Waals surface area contributed by atoms with Crippen LogP contribution >= 0.6 is 0 Å².